The Balaban J connectivity index is 2.63. The Bertz CT molecular complexity index is 30.0. The second-order valence-corrected chi connectivity index (χ2v) is 1.57. The van der Waals surface area contributed by atoms with Gasteiger partial charge in [-0.1, -0.05) is 15.9 Å². The third-order valence-electron chi connectivity index (χ3n) is 0.283. The quantitative estimate of drug-likeness (QED) is 0.540. The van der Waals surface area contributed by atoms with Gasteiger partial charge in [-0.3, -0.25) is 0 Å². The fourth-order valence-electron chi connectivity index (χ4n) is 0.0714. The summed E-state index contributed by atoms with van der Waals surface area (Å²) in [6, 6.07) is 0. The SMILES string of the molecule is F[C](F)CCBr. The van der Waals surface area contributed by atoms with Gasteiger partial charge in [0.2, 0.25) is 0 Å². The van der Waals surface area contributed by atoms with Gasteiger partial charge in [0.05, 0.1) is 0 Å². The molecule has 0 aromatic heterocycles. The highest BCUT2D eigenvalue weighted by Crippen LogP contribution is 2.08. The third kappa shape index (κ3) is 4.34. The summed E-state index contributed by atoms with van der Waals surface area (Å²) in [7, 11) is 0. The van der Waals surface area contributed by atoms with E-state index in [1.807, 2.05) is 0 Å². The van der Waals surface area contributed by atoms with Crippen LogP contribution in [0.3, 0.4) is 0 Å². The molecular formula is C3H4BrF2. The lowest BCUT2D eigenvalue weighted by Crippen LogP contribution is -1.77. The summed E-state index contributed by atoms with van der Waals surface area (Å²) in [6.07, 6.45) is -1.63. The summed E-state index contributed by atoms with van der Waals surface area (Å²) in [5.74, 6) is 0. The van der Waals surface area contributed by atoms with Crippen LogP contribution in [0.15, 0.2) is 0 Å². The van der Waals surface area contributed by atoms with Crippen molar-refractivity contribution in [3.05, 3.63) is 6.43 Å². The Kier molecular flexibility index (Phi) is 3.73. The first kappa shape index (κ1) is 6.34. The van der Waals surface area contributed by atoms with E-state index in [2.05, 4.69) is 15.9 Å². The minimum atomic E-state index is -1.51. The van der Waals surface area contributed by atoms with Crippen LogP contribution in [0.4, 0.5) is 8.78 Å². The molecule has 0 fully saturated rings. The second kappa shape index (κ2) is 3.53. The minimum absolute atomic E-state index is 0.125. The Morgan fingerprint density at radius 2 is 2.00 bits per heavy atom. The first-order chi connectivity index (χ1) is 2.77. The normalized spacial score (nSPS) is 10.0. The molecular weight excluding hydrogens is 154 g/mol. The highest BCUT2D eigenvalue weighted by Gasteiger charge is 1.99. The molecule has 0 aliphatic rings. The van der Waals surface area contributed by atoms with Crippen LogP contribution in [0.5, 0.6) is 0 Å². The monoisotopic (exact) mass is 157 g/mol. The van der Waals surface area contributed by atoms with Crippen LogP contribution in [0.1, 0.15) is 6.42 Å². The summed E-state index contributed by atoms with van der Waals surface area (Å²) in [6.45, 7) is 0. The summed E-state index contributed by atoms with van der Waals surface area (Å²) in [4.78, 5) is 0. The standard InChI is InChI=1S/C3H4BrF2/c4-2-1-3(5)6/h1-2H2. The number of rotatable bonds is 2. The number of alkyl halides is 1. The zero-order valence-corrected chi connectivity index (χ0v) is 4.63. The van der Waals surface area contributed by atoms with Gasteiger partial charge in [0, 0.05) is 11.8 Å². The van der Waals surface area contributed by atoms with Crippen molar-refractivity contribution in [3.63, 3.8) is 0 Å². The lowest BCUT2D eigenvalue weighted by molar-refractivity contribution is 0.279. The number of hydrogen-bond donors (Lipinski definition) is 0. The first-order valence-corrected chi connectivity index (χ1v) is 2.62. The molecule has 0 spiro atoms. The molecule has 0 saturated heterocycles. The highest BCUT2D eigenvalue weighted by molar-refractivity contribution is 9.09. The zero-order valence-electron chi connectivity index (χ0n) is 3.05. The highest BCUT2D eigenvalue weighted by atomic mass is 79.9. The van der Waals surface area contributed by atoms with Crippen molar-refractivity contribution in [2.45, 2.75) is 6.42 Å². The van der Waals surface area contributed by atoms with Gasteiger partial charge in [-0.2, -0.15) is 8.78 Å². The van der Waals surface area contributed by atoms with Crippen LogP contribution in [-0.4, -0.2) is 5.33 Å². The molecule has 0 aromatic carbocycles. The van der Waals surface area contributed by atoms with Crippen LogP contribution < -0.4 is 0 Å². The Morgan fingerprint density at radius 1 is 1.50 bits per heavy atom. The van der Waals surface area contributed by atoms with Crippen LogP contribution >= 0.6 is 15.9 Å². The van der Waals surface area contributed by atoms with Crippen molar-refractivity contribution in [3.8, 4) is 0 Å². The van der Waals surface area contributed by atoms with Crippen molar-refractivity contribution < 1.29 is 8.78 Å². The van der Waals surface area contributed by atoms with Crippen LogP contribution in [0.2, 0.25) is 0 Å². The molecule has 0 rings (SSSR count). The van der Waals surface area contributed by atoms with Crippen molar-refractivity contribution in [2.75, 3.05) is 5.33 Å². The van der Waals surface area contributed by atoms with Gasteiger partial charge in [-0.25, -0.2) is 0 Å². The lowest BCUT2D eigenvalue weighted by atomic mass is 10.5. The average Bonchev–Trinajstić information content (AvgIpc) is 1.35. The largest absolute Gasteiger partial charge is 0.311 e. The van der Waals surface area contributed by atoms with Gasteiger partial charge < -0.3 is 0 Å². The molecule has 0 unspecified atom stereocenters. The molecule has 0 aliphatic carbocycles. The summed E-state index contributed by atoms with van der Waals surface area (Å²) < 4.78 is 21.8. The van der Waals surface area contributed by atoms with E-state index in [1.165, 1.54) is 0 Å². The van der Waals surface area contributed by atoms with E-state index >= 15 is 0 Å². The van der Waals surface area contributed by atoms with E-state index in [0.29, 0.717) is 5.33 Å². The van der Waals surface area contributed by atoms with Crippen LogP contribution in [-0.2, 0) is 0 Å². The summed E-state index contributed by atoms with van der Waals surface area (Å²) in [5.41, 5.74) is 0. The van der Waals surface area contributed by atoms with Crippen molar-refractivity contribution in [1.29, 1.82) is 0 Å². The molecule has 0 bridgehead atoms. The molecule has 0 saturated carbocycles. The Labute approximate surface area is 43.7 Å². The fraction of sp³-hybridized carbons (Fsp3) is 0.667. The molecule has 0 N–H and O–H groups in total. The third-order valence-corrected chi connectivity index (χ3v) is 0.680. The maximum absolute atomic E-state index is 10.9. The van der Waals surface area contributed by atoms with Crippen molar-refractivity contribution in [2.24, 2.45) is 0 Å². The minimum Gasteiger partial charge on any atom is -0.200 e. The molecule has 1 radical (unpaired) electrons. The second-order valence-electron chi connectivity index (χ2n) is 0.778. The first-order valence-electron chi connectivity index (χ1n) is 1.50. The summed E-state index contributed by atoms with van der Waals surface area (Å²) in [5, 5.41) is 0.356. The molecule has 37 valence electrons. The maximum Gasteiger partial charge on any atom is 0.311 e. The van der Waals surface area contributed by atoms with Gasteiger partial charge in [-0.05, 0) is 0 Å². The zero-order chi connectivity index (χ0) is 4.99. The summed E-state index contributed by atoms with van der Waals surface area (Å²) >= 11 is 2.85. The predicted molar refractivity (Wildman–Crippen MR) is 23.9 cm³/mol. The number of hydrogen-bond acceptors (Lipinski definition) is 0. The van der Waals surface area contributed by atoms with Gasteiger partial charge >= 0.3 is 6.43 Å². The molecule has 6 heavy (non-hydrogen) atoms. The molecule has 0 heterocycles. The average molecular weight is 158 g/mol. The molecule has 0 aliphatic heterocycles. The number of halogens is 3. The Hall–Kier alpha value is 0.340. The van der Waals surface area contributed by atoms with E-state index in [1.54, 1.807) is 0 Å². The van der Waals surface area contributed by atoms with Crippen molar-refractivity contribution >= 4 is 15.9 Å². The van der Waals surface area contributed by atoms with Crippen molar-refractivity contribution in [1.82, 2.24) is 0 Å². The van der Waals surface area contributed by atoms with Gasteiger partial charge in [0.25, 0.3) is 0 Å². The van der Waals surface area contributed by atoms with Crippen LogP contribution in [0, 0.1) is 6.43 Å². The van der Waals surface area contributed by atoms with Crippen LogP contribution in [0.25, 0.3) is 0 Å². The molecule has 3 heteroatoms. The van der Waals surface area contributed by atoms with E-state index in [4.69, 9.17) is 0 Å². The van der Waals surface area contributed by atoms with E-state index in [9.17, 15) is 8.78 Å². The molecule has 0 atom stereocenters. The Morgan fingerprint density at radius 3 is 2.00 bits per heavy atom. The van der Waals surface area contributed by atoms with Gasteiger partial charge in [-0.15, -0.1) is 0 Å². The van der Waals surface area contributed by atoms with E-state index in [-0.39, 0.29) is 6.42 Å². The van der Waals surface area contributed by atoms with Gasteiger partial charge in [0.1, 0.15) is 0 Å². The molecule has 0 amide bonds. The fourth-order valence-corrected chi connectivity index (χ4v) is 0.371. The topological polar surface area (TPSA) is 0 Å². The molecule has 0 nitrogen and oxygen atoms in total. The predicted octanol–water partition coefficient (Wildman–Crippen LogP) is 2.20. The maximum atomic E-state index is 10.9. The lowest BCUT2D eigenvalue weighted by Gasteiger charge is -1.84. The smallest absolute Gasteiger partial charge is 0.200 e. The van der Waals surface area contributed by atoms with Gasteiger partial charge in [0.15, 0.2) is 0 Å². The molecule has 0 aromatic rings. The van der Waals surface area contributed by atoms with E-state index < -0.39 is 6.43 Å². The van der Waals surface area contributed by atoms with E-state index in [0.717, 1.165) is 0 Å².